The summed E-state index contributed by atoms with van der Waals surface area (Å²) in [5.74, 6) is 1.39. The van der Waals surface area contributed by atoms with Crippen LogP contribution in [0.2, 0.25) is 0 Å². The molecule has 1 aromatic heterocycles. The number of fused-ring (bicyclic) bond motifs is 2. The molecule has 4 nitrogen and oxygen atoms in total. The van der Waals surface area contributed by atoms with Crippen LogP contribution >= 0.6 is 0 Å². The molecular formula is C20H23N3O. The smallest absolute Gasteiger partial charge is 0.278 e. The molecule has 1 amide bonds. The molecule has 3 atom stereocenters. The maximum Gasteiger partial charge on any atom is 0.278 e. The van der Waals surface area contributed by atoms with E-state index in [2.05, 4.69) is 41.2 Å². The molecule has 2 aliphatic carbocycles. The van der Waals surface area contributed by atoms with Crippen molar-refractivity contribution >= 4 is 11.6 Å². The van der Waals surface area contributed by atoms with Gasteiger partial charge in [0.1, 0.15) is 5.69 Å². The Hall–Kier alpha value is -2.23. The van der Waals surface area contributed by atoms with E-state index in [1.165, 1.54) is 24.8 Å². The third kappa shape index (κ3) is 2.70. The molecule has 124 valence electrons. The van der Waals surface area contributed by atoms with Gasteiger partial charge in [0.25, 0.3) is 5.91 Å². The number of aromatic nitrogens is 2. The highest BCUT2D eigenvalue weighted by molar-refractivity contribution is 6.05. The Kier molecular flexibility index (Phi) is 4.05. The first kappa shape index (κ1) is 15.3. The summed E-state index contributed by atoms with van der Waals surface area (Å²) in [6.45, 7) is 2.14. The van der Waals surface area contributed by atoms with Crippen molar-refractivity contribution in [1.82, 2.24) is 9.97 Å². The molecule has 1 aromatic carbocycles. The van der Waals surface area contributed by atoms with Crippen LogP contribution in [0.3, 0.4) is 0 Å². The van der Waals surface area contributed by atoms with Gasteiger partial charge in [-0.1, -0.05) is 25.5 Å². The Morgan fingerprint density at radius 2 is 2.17 bits per heavy atom. The van der Waals surface area contributed by atoms with E-state index in [9.17, 15) is 4.79 Å². The summed E-state index contributed by atoms with van der Waals surface area (Å²) in [5, 5.41) is 0. The van der Waals surface area contributed by atoms with Crippen molar-refractivity contribution in [3.05, 3.63) is 54.1 Å². The van der Waals surface area contributed by atoms with Gasteiger partial charge in [0.05, 0.1) is 6.20 Å². The summed E-state index contributed by atoms with van der Waals surface area (Å²) < 4.78 is 0. The molecule has 4 rings (SSSR count). The summed E-state index contributed by atoms with van der Waals surface area (Å²) in [4.78, 5) is 23.6. The maximum absolute atomic E-state index is 13.2. The van der Waals surface area contributed by atoms with Crippen molar-refractivity contribution in [1.29, 1.82) is 0 Å². The Balaban J connectivity index is 1.73. The molecule has 0 unspecified atom stereocenters. The van der Waals surface area contributed by atoms with Crippen LogP contribution in [0.1, 0.15) is 48.7 Å². The zero-order valence-corrected chi connectivity index (χ0v) is 14.1. The Morgan fingerprint density at radius 1 is 1.25 bits per heavy atom. The SMILES string of the molecule is CCc1cccc(N(C(=O)c2cnccn2)[C@@H]2C[C@H]3CC[C@H]2C3)c1. The molecule has 2 aliphatic rings. The number of benzene rings is 1. The van der Waals surface area contributed by atoms with Crippen LogP contribution in [0.15, 0.2) is 42.9 Å². The molecule has 1 heterocycles. The minimum absolute atomic E-state index is 0.0195. The molecule has 0 saturated heterocycles. The van der Waals surface area contributed by atoms with Gasteiger partial charge in [-0.05, 0) is 55.2 Å². The number of hydrogen-bond acceptors (Lipinski definition) is 3. The predicted octanol–water partition coefficient (Wildman–Crippen LogP) is 3.87. The largest absolute Gasteiger partial charge is 0.304 e. The van der Waals surface area contributed by atoms with Crippen LogP contribution in [0.4, 0.5) is 5.69 Å². The lowest BCUT2D eigenvalue weighted by Crippen LogP contribution is -2.44. The summed E-state index contributed by atoms with van der Waals surface area (Å²) in [5.41, 5.74) is 2.69. The minimum atomic E-state index is -0.0195. The second kappa shape index (κ2) is 6.34. The topological polar surface area (TPSA) is 46.1 Å². The molecule has 24 heavy (non-hydrogen) atoms. The number of anilines is 1. The fourth-order valence-corrected chi connectivity index (χ4v) is 4.45. The number of carbonyl (C=O) groups excluding carboxylic acids is 1. The van der Waals surface area contributed by atoms with Crippen LogP contribution in [0.25, 0.3) is 0 Å². The average Bonchev–Trinajstić information content (AvgIpc) is 3.26. The maximum atomic E-state index is 13.2. The van der Waals surface area contributed by atoms with E-state index >= 15 is 0 Å². The van der Waals surface area contributed by atoms with E-state index in [4.69, 9.17) is 0 Å². The average molecular weight is 321 g/mol. The zero-order valence-electron chi connectivity index (χ0n) is 14.1. The Bertz CT molecular complexity index is 731. The zero-order chi connectivity index (χ0) is 16.5. The van der Waals surface area contributed by atoms with Crippen molar-refractivity contribution in [2.24, 2.45) is 11.8 Å². The number of amides is 1. The Morgan fingerprint density at radius 3 is 2.83 bits per heavy atom. The van der Waals surface area contributed by atoms with Crippen LogP contribution < -0.4 is 4.90 Å². The predicted molar refractivity (Wildman–Crippen MR) is 93.9 cm³/mol. The molecule has 0 N–H and O–H groups in total. The molecule has 2 fully saturated rings. The number of rotatable bonds is 4. The van der Waals surface area contributed by atoms with Gasteiger partial charge in [-0.3, -0.25) is 9.78 Å². The van der Waals surface area contributed by atoms with Crippen LogP contribution in [0, 0.1) is 11.8 Å². The quantitative estimate of drug-likeness (QED) is 0.858. The van der Waals surface area contributed by atoms with Crippen molar-refractivity contribution in [3.8, 4) is 0 Å². The molecule has 2 aromatic rings. The third-order valence-corrected chi connectivity index (χ3v) is 5.63. The first-order valence-corrected chi connectivity index (χ1v) is 8.94. The van der Waals surface area contributed by atoms with Crippen LogP contribution in [-0.4, -0.2) is 21.9 Å². The standard InChI is InChI=1S/C20H23N3O/c1-2-14-4-3-5-17(11-14)23(19-12-15-6-7-16(19)10-15)20(24)18-13-21-8-9-22-18/h3-5,8-9,11,13,15-16,19H,2,6-7,10,12H2,1H3/t15-,16-,19+/m0/s1. The molecule has 0 radical (unpaired) electrons. The van der Waals surface area contributed by atoms with Crippen LogP contribution in [0.5, 0.6) is 0 Å². The highest BCUT2D eigenvalue weighted by atomic mass is 16.2. The van der Waals surface area contributed by atoms with Crippen molar-refractivity contribution in [3.63, 3.8) is 0 Å². The summed E-state index contributed by atoms with van der Waals surface area (Å²) >= 11 is 0. The van der Waals surface area contributed by atoms with E-state index in [-0.39, 0.29) is 5.91 Å². The number of aryl methyl sites for hydroxylation is 1. The van der Waals surface area contributed by atoms with Gasteiger partial charge in [-0.15, -0.1) is 0 Å². The highest BCUT2D eigenvalue weighted by Gasteiger charge is 2.44. The fraction of sp³-hybridized carbons (Fsp3) is 0.450. The summed E-state index contributed by atoms with van der Waals surface area (Å²) in [6.07, 6.45) is 10.7. The first-order valence-electron chi connectivity index (χ1n) is 8.94. The highest BCUT2D eigenvalue weighted by Crippen LogP contribution is 2.47. The van der Waals surface area contributed by atoms with Gasteiger partial charge in [0, 0.05) is 24.1 Å². The lowest BCUT2D eigenvalue weighted by molar-refractivity contribution is 0.0962. The van der Waals surface area contributed by atoms with Crippen LogP contribution in [-0.2, 0) is 6.42 Å². The third-order valence-electron chi connectivity index (χ3n) is 5.63. The Labute approximate surface area is 142 Å². The fourth-order valence-electron chi connectivity index (χ4n) is 4.45. The lowest BCUT2D eigenvalue weighted by Gasteiger charge is -2.34. The van der Waals surface area contributed by atoms with Gasteiger partial charge < -0.3 is 4.90 Å². The number of hydrogen-bond donors (Lipinski definition) is 0. The monoisotopic (exact) mass is 321 g/mol. The number of carbonyl (C=O) groups is 1. The second-order valence-corrected chi connectivity index (χ2v) is 7.03. The van der Waals surface area contributed by atoms with E-state index in [1.54, 1.807) is 18.6 Å². The van der Waals surface area contributed by atoms with Gasteiger partial charge in [0.15, 0.2) is 0 Å². The molecule has 2 bridgehead atoms. The molecule has 0 aliphatic heterocycles. The molecular weight excluding hydrogens is 298 g/mol. The second-order valence-electron chi connectivity index (χ2n) is 7.03. The van der Waals surface area contributed by atoms with Crippen molar-refractivity contribution in [2.75, 3.05) is 4.90 Å². The van der Waals surface area contributed by atoms with Gasteiger partial charge >= 0.3 is 0 Å². The molecule has 0 spiro atoms. The lowest BCUT2D eigenvalue weighted by atomic mass is 9.93. The normalized spacial score (nSPS) is 25.0. The summed E-state index contributed by atoms with van der Waals surface area (Å²) in [7, 11) is 0. The van der Waals surface area contributed by atoms with Crippen molar-refractivity contribution in [2.45, 2.75) is 45.1 Å². The summed E-state index contributed by atoms with van der Waals surface area (Å²) in [6, 6.07) is 8.68. The molecule has 4 heteroatoms. The van der Waals surface area contributed by atoms with E-state index in [0.29, 0.717) is 17.7 Å². The van der Waals surface area contributed by atoms with E-state index in [1.807, 2.05) is 4.90 Å². The number of nitrogens with zero attached hydrogens (tertiary/aromatic N) is 3. The first-order chi connectivity index (χ1) is 11.8. The van der Waals surface area contributed by atoms with Gasteiger partial charge in [0.2, 0.25) is 0 Å². The van der Waals surface area contributed by atoms with E-state index < -0.39 is 0 Å². The van der Waals surface area contributed by atoms with Gasteiger partial charge in [-0.25, -0.2) is 4.98 Å². The minimum Gasteiger partial charge on any atom is -0.304 e. The van der Waals surface area contributed by atoms with Gasteiger partial charge in [-0.2, -0.15) is 0 Å². The van der Waals surface area contributed by atoms with E-state index in [0.717, 1.165) is 24.4 Å². The molecule has 2 saturated carbocycles. The van der Waals surface area contributed by atoms with Crippen molar-refractivity contribution < 1.29 is 4.79 Å².